The van der Waals surface area contributed by atoms with Gasteiger partial charge in [-0.3, -0.25) is 0 Å². The standard InChI is InChI=1S/C13H21NS2/c1-3-14-12(9-11-5-8-15-10-11)13(2)6-4-7-16-13/h5,8,10,12,14H,3-4,6-7,9H2,1-2H3. The first-order valence-corrected chi connectivity index (χ1v) is 8.06. The molecule has 2 heterocycles. The molecule has 2 atom stereocenters. The molecule has 1 aliphatic heterocycles. The maximum absolute atomic E-state index is 3.69. The van der Waals surface area contributed by atoms with Crippen molar-refractivity contribution in [3.63, 3.8) is 0 Å². The molecule has 2 rings (SSSR count). The van der Waals surface area contributed by atoms with Gasteiger partial charge in [0.15, 0.2) is 0 Å². The summed E-state index contributed by atoms with van der Waals surface area (Å²) in [7, 11) is 0. The van der Waals surface area contributed by atoms with E-state index in [-0.39, 0.29) is 0 Å². The van der Waals surface area contributed by atoms with Gasteiger partial charge in [-0.2, -0.15) is 23.1 Å². The van der Waals surface area contributed by atoms with Gasteiger partial charge in [-0.25, -0.2) is 0 Å². The lowest BCUT2D eigenvalue weighted by atomic mass is 9.91. The molecular formula is C13H21NS2. The Bertz CT molecular complexity index is 302. The molecule has 0 aromatic carbocycles. The van der Waals surface area contributed by atoms with Crippen molar-refractivity contribution in [3.05, 3.63) is 22.4 Å². The SMILES string of the molecule is CCNC(Cc1ccsc1)C1(C)CCCS1. The minimum absolute atomic E-state index is 0.442. The summed E-state index contributed by atoms with van der Waals surface area (Å²) in [4.78, 5) is 0. The van der Waals surface area contributed by atoms with Crippen molar-refractivity contribution >= 4 is 23.1 Å². The van der Waals surface area contributed by atoms with Crippen molar-refractivity contribution in [2.24, 2.45) is 0 Å². The van der Waals surface area contributed by atoms with Gasteiger partial charge in [-0.1, -0.05) is 6.92 Å². The Labute approximate surface area is 107 Å². The maximum Gasteiger partial charge on any atom is 0.0288 e. The fraction of sp³-hybridized carbons (Fsp3) is 0.692. The normalized spacial score (nSPS) is 27.1. The fourth-order valence-corrected chi connectivity index (χ4v) is 4.56. The summed E-state index contributed by atoms with van der Waals surface area (Å²) in [5, 5.41) is 8.16. The van der Waals surface area contributed by atoms with E-state index in [9.17, 15) is 0 Å². The van der Waals surface area contributed by atoms with Crippen molar-refractivity contribution in [1.29, 1.82) is 0 Å². The zero-order valence-electron chi connectivity index (χ0n) is 10.2. The van der Waals surface area contributed by atoms with Crippen LogP contribution in [0.5, 0.6) is 0 Å². The number of likely N-dealkylation sites (N-methyl/N-ethyl adjacent to an activating group) is 1. The molecule has 1 aromatic rings. The lowest BCUT2D eigenvalue weighted by molar-refractivity contribution is 0.406. The third-order valence-corrected chi connectivity index (χ3v) is 5.83. The molecule has 0 aliphatic carbocycles. The van der Waals surface area contributed by atoms with Crippen LogP contribution in [-0.2, 0) is 6.42 Å². The molecule has 16 heavy (non-hydrogen) atoms. The molecule has 1 N–H and O–H groups in total. The third kappa shape index (κ3) is 2.82. The summed E-state index contributed by atoms with van der Waals surface area (Å²) in [5.74, 6) is 1.34. The van der Waals surface area contributed by atoms with Gasteiger partial charge in [-0.05, 0) is 60.9 Å². The van der Waals surface area contributed by atoms with E-state index in [0.717, 1.165) is 6.54 Å². The lowest BCUT2D eigenvalue weighted by Crippen LogP contribution is -2.46. The third-order valence-electron chi connectivity index (χ3n) is 3.46. The molecule has 1 saturated heterocycles. The highest BCUT2D eigenvalue weighted by Gasteiger charge is 2.37. The minimum Gasteiger partial charge on any atom is -0.313 e. The second-order valence-corrected chi connectivity index (χ2v) is 7.12. The van der Waals surface area contributed by atoms with Crippen LogP contribution < -0.4 is 5.32 Å². The van der Waals surface area contributed by atoms with Crippen molar-refractivity contribution < 1.29 is 0 Å². The van der Waals surface area contributed by atoms with E-state index in [1.165, 1.54) is 30.6 Å². The van der Waals surface area contributed by atoms with Crippen molar-refractivity contribution in [1.82, 2.24) is 5.32 Å². The minimum atomic E-state index is 0.442. The molecule has 0 spiro atoms. The monoisotopic (exact) mass is 255 g/mol. The molecule has 1 fully saturated rings. The highest BCUT2D eigenvalue weighted by molar-refractivity contribution is 8.00. The summed E-state index contributed by atoms with van der Waals surface area (Å²) in [5.41, 5.74) is 1.49. The van der Waals surface area contributed by atoms with Crippen LogP contribution >= 0.6 is 23.1 Å². The topological polar surface area (TPSA) is 12.0 Å². The number of hydrogen-bond acceptors (Lipinski definition) is 3. The quantitative estimate of drug-likeness (QED) is 0.863. The van der Waals surface area contributed by atoms with Crippen LogP contribution in [0.1, 0.15) is 32.3 Å². The van der Waals surface area contributed by atoms with Gasteiger partial charge in [0.25, 0.3) is 0 Å². The molecule has 0 radical (unpaired) electrons. The Hall–Kier alpha value is 0.01000. The maximum atomic E-state index is 3.69. The first-order chi connectivity index (χ1) is 7.74. The van der Waals surface area contributed by atoms with Crippen molar-refractivity contribution in [3.8, 4) is 0 Å². The number of nitrogens with one attached hydrogen (secondary N) is 1. The number of thioether (sulfide) groups is 1. The predicted molar refractivity (Wildman–Crippen MR) is 75.6 cm³/mol. The zero-order chi connectivity index (χ0) is 11.4. The van der Waals surface area contributed by atoms with E-state index >= 15 is 0 Å². The van der Waals surface area contributed by atoms with E-state index in [2.05, 4.69) is 47.8 Å². The molecular weight excluding hydrogens is 234 g/mol. The molecule has 0 amide bonds. The molecule has 0 saturated carbocycles. The average molecular weight is 255 g/mol. The van der Waals surface area contributed by atoms with E-state index < -0.39 is 0 Å². The molecule has 2 unspecified atom stereocenters. The molecule has 0 bridgehead atoms. The summed E-state index contributed by atoms with van der Waals surface area (Å²) < 4.78 is 0.442. The van der Waals surface area contributed by atoms with Gasteiger partial charge in [0.05, 0.1) is 0 Å². The first kappa shape index (κ1) is 12.5. The van der Waals surface area contributed by atoms with Gasteiger partial charge < -0.3 is 5.32 Å². The van der Waals surface area contributed by atoms with Crippen molar-refractivity contribution in [2.75, 3.05) is 12.3 Å². The number of hydrogen-bond donors (Lipinski definition) is 1. The Balaban J connectivity index is 2.04. The van der Waals surface area contributed by atoms with Crippen LogP contribution in [0.2, 0.25) is 0 Å². The molecule has 1 nitrogen and oxygen atoms in total. The van der Waals surface area contributed by atoms with Gasteiger partial charge in [0.2, 0.25) is 0 Å². The summed E-state index contributed by atoms with van der Waals surface area (Å²) in [6, 6.07) is 2.89. The van der Waals surface area contributed by atoms with Gasteiger partial charge in [0.1, 0.15) is 0 Å². The van der Waals surface area contributed by atoms with E-state index in [1.807, 2.05) is 0 Å². The molecule has 3 heteroatoms. The Morgan fingerprint density at radius 3 is 3.00 bits per heavy atom. The van der Waals surface area contributed by atoms with Crippen LogP contribution in [0.15, 0.2) is 16.8 Å². The van der Waals surface area contributed by atoms with Crippen LogP contribution in [0.25, 0.3) is 0 Å². The van der Waals surface area contributed by atoms with Gasteiger partial charge in [0, 0.05) is 10.8 Å². The fourth-order valence-electron chi connectivity index (χ4n) is 2.47. The second-order valence-electron chi connectivity index (χ2n) is 4.71. The van der Waals surface area contributed by atoms with Crippen LogP contribution in [0, 0.1) is 0 Å². The summed E-state index contributed by atoms with van der Waals surface area (Å²) in [6.07, 6.45) is 3.92. The summed E-state index contributed by atoms with van der Waals surface area (Å²) in [6.45, 7) is 5.72. The van der Waals surface area contributed by atoms with E-state index in [4.69, 9.17) is 0 Å². The van der Waals surface area contributed by atoms with E-state index in [0.29, 0.717) is 10.8 Å². The second kappa shape index (κ2) is 5.56. The largest absolute Gasteiger partial charge is 0.313 e. The predicted octanol–water partition coefficient (Wildman–Crippen LogP) is 3.55. The lowest BCUT2D eigenvalue weighted by Gasteiger charge is -2.34. The average Bonchev–Trinajstić information content (AvgIpc) is 2.89. The Kier molecular flexibility index (Phi) is 4.34. The number of thiophene rings is 1. The van der Waals surface area contributed by atoms with Crippen LogP contribution in [0.4, 0.5) is 0 Å². The smallest absolute Gasteiger partial charge is 0.0288 e. The van der Waals surface area contributed by atoms with Gasteiger partial charge >= 0.3 is 0 Å². The molecule has 90 valence electrons. The van der Waals surface area contributed by atoms with Crippen LogP contribution in [-0.4, -0.2) is 23.1 Å². The first-order valence-electron chi connectivity index (χ1n) is 6.13. The Morgan fingerprint density at radius 2 is 2.44 bits per heavy atom. The highest BCUT2D eigenvalue weighted by Crippen LogP contribution is 2.41. The Morgan fingerprint density at radius 1 is 1.56 bits per heavy atom. The zero-order valence-corrected chi connectivity index (χ0v) is 11.8. The van der Waals surface area contributed by atoms with Crippen LogP contribution in [0.3, 0.4) is 0 Å². The van der Waals surface area contributed by atoms with E-state index in [1.54, 1.807) is 11.3 Å². The molecule has 1 aromatic heterocycles. The number of rotatable bonds is 5. The summed E-state index contributed by atoms with van der Waals surface area (Å²) >= 11 is 3.96. The molecule has 1 aliphatic rings. The van der Waals surface area contributed by atoms with Crippen molar-refractivity contribution in [2.45, 2.75) is 43.9 Å². The highest BCUT2D eigenvalue weighted by atomic mass is 32.2. The van der Waals surface area contributed by atoms with Gasteiger partial charge in [-0.15, -0.1) is 0 Å².